The Bertz CT molecular complexity index is 1050. The van der Waals surface area contributed by atoms with Crippen molar-refractivity contribution >= 4 is 30.4 Å². The molecule has 0 aromatic carbocycles. The predicted molar refractivity (Wildman–Crippen MR) is 134 cm³/mol. The summed E-state index contributed by atoms with van der Waals surface area (Å²) in [6, 6.07) is 1.35. The van der Waals surface area contributed by atoms with Gasteiger partial charge in [-0.15, -0.1) is 0 Å². The van der Waals surface area contributed by atoms with Crippen molar-refractivity contribution in [2.75, 3.05) is 57.6 Å². The molecule has 5 N–H and O–H groups in total. The third kappa shape index (κ3) is 6.98. The second-order valence-corrected chi connectivity index (χ2v) is 12.7. The summed E-state index contributed by atoms with van der Waals surface area (Å²) < 4.78 is 38.6. The predicted octanol–water partition coefficient (Wildman–Crippen LogP) is -0.413. The lowest BCUT2D eigenvalue weighted by Crippen LogP contribution is -2.46. The van der Waals surface area contributed by atoms with E-state index in [0.717, 1.165) is 16.3 Å². The molecule has 37 heavy (non-hydrogen) atoms. The van der Waals surface area contributed by atoms with Gasteiger partial charge in [0.15, 0.2) is 11.3 Å². The maximum absolute atomic E-state index is 13.7. The fourth-order valence-electron chi connectivity index (χ4n) is 3.70. The van der Waals surface area contributed by atoms with Crippen molar-refractivity contribution < 1.29 is 43.2 Å². The van der Waals surface area contributed by atoms with Crippen LogP contribution in [0.2, 0.25) is 0 Å². The van der Waals surface area contributed by atoms with Crippen molar-refractivity contribution in [2.45, 2.75) is 44.8 Å². The Labute approximate surface area is 218 Å². The van der Waals surface area contributed by atoms with Gasteiger partial charge in [-0.1, -0.05) is 11.8 Å². The van der Waals surface area contributed by atoms with Crippen LogP contribution < -0.4 is 11.4 Å². The van der Waals surface area contributed by atoms with Gasteiger partial charge in [0.05, 0.1) is 38.4 Å². The number of nitrogens with two attached hydrogens (primary N) is 1. The first-order valence-corrected chi connectivity index (χ1v) is 14.2. The number of aliphatic hydroxyl groups is 3. The second kappa shape index (κ2) is 12.2. The van der Waals surface area contributed by atoms with Crippen molar-refractivity contribution in [1.82, 2.24) is 14.2 Å². The molecule has 1 aromatic rings. The Balaban J connectivity index is 1.68. The van der Waals surface area contributed by atoms with Crippen molar-refractivity contribution in [1.29, 1.82) is 0 Å². The highest BCUT2D eigenvalue weighted by Gasteiger charge is 2.54. The Morgan fingerprint density at radius 1 is 1.38 bits per heavy atom. The summed E-state index contributed by atoms with van der Waals surface area (Å²) in [4.78, 5) is 28.1. The molecule has 3 heterocycles. The highest BCUT2D eigenvalue weighted by atomic mass is 32.2. The smallest absolute Gasteiger partial charge is 0.395 e. The lowest BCUT2D eigenvalue weighted by Gasteiger charge is -2.33. The van der Waals surface area contributed by atoms with Gasteiger partial charge in [0.2, 0.25) is 0 Å². The summed E-state index contributed by atoms with van der Waals surface area (Å²) in [6.07, 6.45) is -2.69. The largest absolute Gasteiger partial charge is 0.408 e. The van der Waals surface area contributed by atoms with Crippen LogP contribution in [-0.4, -0.2) is 104 Å². The highest BCUT2D eigenvalue weighted by Crippen LogP contribution is 2.53. The molecule has 0 aliphatic carbocycles. The SMILES string of the molecule is CC(C)(CO)C(=O)SCCOP(=O)(OC[C@H]1O[C@@H](n2ccc(N)nc2=O)[C@](C)(O)[C@@H]1O)N1CCOCC1. The molecule has 14 nitrogen and oxygen atoms in total. The number of nitrogens with zero attached hydrogens (tertiary/aromatic N) is 3. The zero-order valence-corrected chi connectivity index (χ0v) is 22.7. The molecule has 2 aliphatic rings. The highest BCUT2D eigenvalue weighted by molar-refractivity contribution is 8.13. The number of carbonyl (C=O) groups is 1. The second-order valence-electron chi connectivity index (χ2n) is 9.58. The van der Waals surface area contributed by atoms with E-state index in [1.807, 2.05) is 0 Å². The number of hydrogen-bond donors (Lipinski definition) is 4. The van der Waals surface area contributed by atoms with Crippen molar-refractivity contribution in [3.8, 4) is 0 Å². The van der Waals surface area contributed by atoms with Crippen LogP contribution in [0.5, 0.6) is 0 Å². The monoisotopic (exact) mass is 566 g/mol. The average molecular weight is 567 g/mol. The number of hydrogen-bond acceptors (Lipinski definition) is 13. The van der Waals surface area contributed by atoms with Crippen LogP contribution in [0.25, 0.3) is 0 Å². The average Bonchev–Trinajstić information content (AvgIpc) is 3.09. The molecule has 0 radical (unpaired) electrons. The molecule has 0 saturated carbocycles. The fraction of sp³-hybridized carbons (Fsp3) is 0.762. The number of rotatable bonds is 11. The molecule has 5 atom stereocenters. The van der Waals surface area contributed by atoms with E-state index in [-0.39, 0.29) is 43.0 Å². The molecule has 2 saturated heterocycles. The number of aliphatic hydroxyl groups excluding tert-OH is 2. The van der Waals surface area contributed by atoms with Crippen LogP contribution in [0, 0.1) is 5.41 Å². The zero-order chi connectivity index (χ0) is 27.4. The Morgan fingerprint density at radius 2 is 2.05 bits per heavy atom. The molecule has 0 amide bonds. The number of anilines is 1. The summed E-state index contributed by atoms with van der Waals surface area (Å²) in [5.41, 5.74) is 1.92. The topological polar surface area (TPSA) is 196 Å². The summed E-state index contributed by atoms with van der Waals surface area (Å²) >= 11 is 0.950. The minimum Gasteiger partial charge on any atom is -0.395 e. The minimum atomic E-state index is -3.92. The summed E-state index contributed by atoms with van der Waals surface area (Å²) in [6.45, 7) is 4.86. The molecule has 0 spiro atoms. The van der Waals surface area contributed by atoms with E-state index in [9.17, 15) is 29.5 Å². The van der Waals surface area contributed by atoms with Crippen LogP contribution in [-0.2, 0) is 27.9 Å². The van der Waals surface area contributed by atoms with Crippen molar-refractivity contribution in [3.05, 3.63) is 22.7 Å². The zero-order valence-electron chi connectivity index (χ0n) is 21.0. The van der Waals surface area contributed by atoms with E-state index in [0.29, 0.717) is 13.2 Å². The summed E-state index contributed by atoms with van der Waals surface area (Å²) in [5.74, 6) is 0.162. The van der Waals surface area contributed by atoms with Crippen LogP contribution in [0.15, 0.2) is 17.1 Å². The van der Waals surface area contributed by atoms with Crippen LogP contribution >= 0.6 is 19.5 Å². The number of carbonyl (C=O) groups excluding carboxylic acids is 1. The van der Waals surface area contributed by atoms with Crippen molar-refractivity contribution in [3.63, 3.8) is 0 Å². The number of ether oxygens (including phenoxy) is 2. The number of thioether (sulfide) groups is 1. The molecule has 2 fully saturated rings. The van der Waals surface area contributed by atoms with Gasteiger partial charge in [0, 0.05) is 25.0 Å². The quantitative estimate of drug-likeness (QED) is 0.199. The van der Waals surface area contributed by atoms with E-state index in [1.54, 1.807) is 13.8 Å². The maximum atomic E-state index is 13.7. The van der Waals surface area contributed by atoms with Gasteiger partial charge in [-0.25, -0.2) is 14.0 Å². The van der Waals surface area contributed by atoms with E-state index in [2.05, 4.69) is 4.98 Å². The van der Waals surface area contributed by atoms with E-state index < -0.39 is 49.5 Å². The number of aromatic nitrogens is 2. The normalized spacial score (nSPS) is 28.8. The van der Waals surface area contributed by atoms with E-state index in [1.165, 1.54) is 23.9 Å². The first kappa shape index (κ1) is 30.2. The third-order valence-corrected chi connectivity index (χ3v) is 9.38. The molecular weight excluding hydrogens is 531 g/mol. The molecule has 210 valence electrons. The summed E-state index contributed by atoms with van der Waals surface area (Å²) in [5, 5.41) is 30.7. The molecule has 2 aliphatic heterocycles. The van der Waals surface area contributed by atoms with Gasteiger partial charge in [0.25, 0.3) is 0 Å². The van der Waals surface area contributed by atoms with Gasteiger partial charge in [0.1, 0.15) is 23.6 Å². The van der Waals surface area contributed by atoms with E-state index in [4.69, 9.17) is 24.3 Å². The lowest BCUT2D eigenvalue weighted by atomic mass is 9.96. The molecule has 16 heteroatoms. The van der Waals surface area contributed by atoms with Gasteiger partial charge < -0.3 is 30.5 Å². The van der Waals surface area contributed by atoms with Crippen LogP contribution in [0.3, 0.4) is 0 Å². The Hall–Kier alpha value is -1.39. The Morgan fingerprint density at radius 3 is 2.68 bits per heavy atom. The number of nitrogen functional groups attached to an aromatic ring is 1. The molecule has 1 aromatic heterocycles. The van der Waals surface area contributed by atoms with Crippen LogP contribution in [0.1, 0.15) is 27.0 Å². The molecule has 0 bridgehead atoms. The Kier molecular flexibility index (Phi) is 9.94. The molecule has 1 unspecified atom stereocenters. The minimum absolute atomic E-state index is 0.0114. The van der Waals surface area contributed by atoms with Crippen LogP contribution in [0.4, 0.5) is 5.82 Å². The van der Waals surface area contributed by atoms with Gasteiger partial charge in [-0.2, -0.15) is 4.98 Å². The van der Waals surface area contributed by atoms with Gasteiger partial charge >= 0.3 is 13.4 Å². The fourth-order valence-corrected chi connectivity index (χ4v) is 6.34. The molecule has 3 rings (SSSR count). The first-order chi connectivity index (χ1) is 17.3. The third-order valence-electron chi connectivity index (χ3n) is 6.11. The maximum Gasteiger partial charge on any atom is 0.408 e. The summed E-state index contributed by atoms with van der Waals surface area (Å²) in [7, 11) is -3.92. The van der Waals surface area contributed by atoms with Gasteiger partial charge in [-0.05, 0) is 26.8 Å². The lowest BCUT2D eigenvalue weighted by molar-refractivity contribution is -0.119. The molecular formula is C21H35N4O10PS. The van der Waals surface area contributed by atoms with E-state index >= 15 is 0 Å². The standard InChI is InChI=1S/C21H35N4O10PS/c1-20(2,13-26)18(28)37-11-10-33-36(31,24-6-8-32-9-7-24)34-12-14-16(27)21(3,30)17(35-14)25-5-4-15(22)23-19(25)29/h4-5,14,16-17,26-27,30H,6-13H2,1-3H3,(H2,22,23,29)/t14-,16-,17-,21-,36?/m1/s1. The van der Waals surface area contributed by atoms with Gasteiger partial charge in [-0.3, -0.25) is 18.4 Å². The number of morpholine rings is 1. The first-order valence-electron chi connectivity index (χ1n) is 11.7. The van der Waals surface area contributed by atoms with Crippen molar-refractivity contribution in [2.24, 2.45) is 5.41 Å².